The molecule has 0 heterocycles. The molecule has 0 aliphatic heterocycles. The second kappa shape index (κ2) is 7.25. The molecule has 1 unspecified atom stereocenters. The zero-order chi connectivity index (χ0) is 15.2. The maximum atomic E-state index is 12.8. The van der Waals surface area contributed by atoms with Gasteiger partial charge < -0.3 is 9.64 Å². The summed E-state index contributed by atoms with van der Waals surface area (Å²) in [5.74, 6) is -0.202. The lowest BCUT2D eigenvalue weighted by atomic mass is 9.82. The minimum atomic E-state index is -0.273. The maximum Gasteiger partial charge on any atom is 0.307 e. The first-order valence-corrected chi connectivity index (χ1v) is 7.60. The quantitative estimate of drug-likeness (QED) is 0.783. The number of benzene rings is 1. The number of ether oxygens (including phenoxy) is 1. The molecule has 2 rings (SSSR count). The van der Waals surface area contributed by atoms with Crippen molar-refractivity contribution >= 4 is 11.9 Å². The Kier molecular flexibility index (Phi) is 5.37. The SMILES string of the molecule is CCN(CCC(=O)OC)C(=O)C1CCCc2ccccc21. The number of likely N-dealkylation sites (N-methyl/N-ethyl adjacent to an activating group) is 1. The van der Waals surface area contributed by atoms with E-state index in [0.29, 0.717) is 13.1 Å². The fraction of sp³-hybridized carbons (Fsp3) is 0.529. The van der Waals surface area contributed by atoms with Gasteiger partial charge in [-0.15, -0.1) is 0 Å². The van der Waals surface area contributed by atoms with E-state index < -0.39 is 0 Å². The number of rotatable bonds is 5. The van der Waals surface area contributed by atoms with E-state index in [2.05, 4.69) is 16.9 Å². The van der Waals surface area contributed by atoms with Crippen LogP contribution in [0.25, 0.3) is 0 Å². The largest absolute Gasteiger partial charge is 0.469 e. The standard InChI is InChI=1S/C17H23NO3/c1-3-18(12-11-16(19)21-2)17(20)15-10-6-8-13-7-4-5-9-14(13)15/h4-5,7,9,15H,3,6,8,10-12H2,1-2H3. The summed E-state index contributed by atoms with van der Waals surface area (Å²) >= 11 is 0. The average Bonchev–Trinajstić information content (AvgIpc) is 2.54. The van der Waals surface area contributed by atoms with Gasteiger partial charge in [-0.25, -0.2) is 0 Å². The van der Waals surface area contributed by atoms with Gasteiger partial charge in [0, 0.05) is 13.1 Å². The van der Waals surface area contributed by atoms with Gasteiger partial charge in [0.1, 0.15) is 0 Å². The summed E-state index contributed by atoms with van der Waals surface area (Å²) in [5, 5.41) is 0. The number of hydrogen-bond donors (Lipinski definition) is 0. The Morgan fingerprint density at radius 1 is 1.33 bits per heavy atom. The molecule has 0 aromatic heterocycles. The van der Waals surface area contributed by atoms with Crippen LogP contribution in [0.3, 0.4) is 0 Å². The lowest BCUT2D eigenvalue weighted by molar-refractivity contribution is -0.142. The number of methoxy groups -OCH3 is 1. The topological polar surface area (TPSA) is 46.6 Å². The van der Waals surface area contributed by atoms with Crippen LogP contribution in [0.2, 0.25) is 0 Å². The molecule has 1 aromatic carbocycles. The van der Waals surface area contributed by atoms with Gasteiger partial charge in [0.15, 0.2) is 0 Å². The van der Waals surface area contributed by atoms with Crippen molar-refractivity contribution in [3.8, 4) is 0 Å². The van der Waals surface area contributed by atoms with Gasteiger partial charge >= 0.3 is 5.97 Å². The smallest absolute Gasteiger partial charge is 0.307 e. The molecule has 21 heavy (non-hydrogen) atoms. The second-order valence-electron chi connectivity index (χ2n) is 5.39. The van der Waals surface area contributed by atoms with Crippen LogP contribution in [0.5, 0.6) is 0 Å². The van der Waals surface area contributed by atoms with E-state index in [1.165, 1.54) is 12.7 Å². The van der Waals surface area contributed by atoms with Crippen molar-refractivity contribution < 1.29 is 14.3 Å². The van der Waals surface area contributed by atoms with Gasteiger partial charge in [-0.3, -0.25) is 9.59 Å². The van der Waals surface area contributed by atoms with E-state index in [9.17, 15) is 9.59 Å². The molecule has 1 amide bonds. The fourth-order valence-corrected chi connectivity index (χ4v) is 2.98. The van der Waals surface area contributed by atoms with Crippen molar-refractivity contribution in [2.45, 2.75) is 38.5 Å². The predicted octanol–water partition coefficient (Wildman–Crippen LogP) is 2.52. The van der Waals surface area contributed by atoms with Gasteiger partial charge in [0.05, 0.1) is 19.4 Å². The van der Waals surface area contributed by atoms with Crippen LogP contribution in [0, 0.1) is 0 Å². The van der Waals surface area contributed by atoms with Crippen molar-refractivity contribution in [3.05, 3.63) is 35.4 Å². The number of nitrogens with zero attached hydrogens (tertiary/aromatic N) is 1. The lowest BCUT2D eigenvalue weighted by Gasteiger charge is -2.30. The fourth-order valence-electron chi connectivity index (χ4n) is 2.98. The van der Waals surface area contributed by atoms with Gasteiger partial charge in [0.25, 0.3) is 0 Å². The summed E-state index contributed by atoms with van der Waals surface area (Å²) in [6, 6.07) is 8.19. The van der Waals surface area contributed by atoms with Gasteiger partial charge in [-0.1, -0.05) is 24.3 Å². The monoisotopic (exact) mass is 289 g/mol. The number of carbonyl (C=O) groups is 2. The van der Waals surface area contributed by atoms with Gasteiger partial charge in [-0.2, -0.15) is 0 Å². The van der Waals surface area contributed by atoms with Crippen LogP contribution in [-0.4, -0.2) is 37.0 Å². The number of amides is 1. The molecule has 114 valence electrons. The number of carbonyl (C=O) groups excluding carboxylic acids is 2. The van der Waals surface area contributed by atoms with E-state index in [0.717, 1.165) is 24.8 Å². The summed E-state index contributed by atoms with van der Waals surface area (Å²) in [6.07, 6.45) is 3.24. The first-order valence-electron chi connectivity index (χ1n) is 7.60. The Hall–Kier alpha value is -1.84. The molecule has 1 aliphatic carbocycles. The zero-order valence-corrected chi connectivity index (χ0v) is 12.8. The highest BCUT2D eigenvalue weighted by atomic mass is 16.5. The van der Waals surface area contributed by atoms with Crippen molar-refractivity contribution in [1.82, 2.24) is 4.90 Å². The number of hydrogen-bond acceptors (Lipinski definition) is 3. The molecule has 0 saturated carbocycles. The van der Waals surface area contributed by atoms with Crippen LogP contribution in [-0.2, 0) is 20.7 Å². The van der Waals surface area contributed by atoms with E-state index in [1.807, 2.05) is 19.1 Å². The Balaban J connectivity index is 2.10. The summed E-state index contributed by atoms with van der Waals surface area (Å²) in [5.41, 5.74) is 2.44. The molecule has 0 radical (unpaired) electrons. The average molecular weight is 289 g/mol. The van der Waals surface area contributed by atoms with Gasteiger partial charge in [0.2, 0.25) is 5.91 Å². The summed E-state index contributed by atoms with van der Waals surface area (Å²) in [4.78, 5) is 25.8. The minimum absolute atomic E-state index is 0.0625. The first kappa shape index (κ1) is 15.5. The highest BCUT2D eigenvalue weighted by Gasteiger charge is 2.29. The Labute approximate surface area is 126 Å². The molecule has 0 bridgehead atoms. The molecule has 1 atom stereocenters. The number of esters is 1. The molecule has 1 aliphatic rings. The van der Waals surface area contributed by atoms with Crippen molar-refractivity contribution in [3.63, 3.8) is 0 Å². The summed E-state index contributed by atoms with van der Waals surface area (Å²) in [7, 11) is 1.37. The van der Waals surface area contributed by atoms with E-state index in [-0.39, 0.29) is 24.2 Å². The molecule has 0 spiro atoms. The van der Waals surface area contributed by atoms with Crippen molar-refractivity contribution in [1.29, 1.82) is 0 Å². The molecular weight excluding hydrogens is 266 g/mol. The molecule has 1 aromatic rings. The molecule has 0 fully saturated rings. The number of aryl methyl sites for hydroxylation is 1. The van der Waals surface area contributed by atoms with Gasteiger partial charge in [-0.05, 0) is 37.3 Å². The first-order chi connectivity index (χ1) is 10.2. The van der Waals surface area contributed by atoms with E-state index in [1.54, 1.807) is 4.90 Å². The zero-order valence-electron chi connectivity index (χ0n) is 12.8. The van der Waals surface area contributed by atoms with E-state index in [4.69, 9.17) is 0 Å². The Morgan fingerprint density at radius 3 is 2.81 bits per heavy atom. The normalized spacial score (nSPS) is 17.0. The molecule has 4 nitrogen and oxygen atoms in total. The Morgan fingerprint density at radius 2 is 2.10 bits per heavy atom. The minimum Gasteiger partial charge on any atom is -0.469 e. The third-order valence-corrected chi connectivity index (χ3v) is 4.17. The third kappa shape index (κ3) is 3.63. The molecular formula is C17H23NO3. The molecule has 0 saturated heterocycles. The van der Waals surface area contributed by atoms with Crippen LogP contribution in [0.4, 0.5) is 0 Å². The Bertz CT molecular complexity index is 513. The molecule has 0 N–H and O–H groups in total. The van der Waals surface area contributed by atoms with Crippen LogP contribution in [0.15, 0.2) is 24.3 Å². The van der Waals surface area contributed by atoms with E-state index >= 15 is 0 Å². The van der Waals surface area contributed by atoms with Crippen molar-refractivity contribution in [2.24, 2.45) is 0 Å². The lowest BCUT2D eigenvalue weighted by Crippen LogP contribution is -2.37. The van der Waals surface area contributed by atoms with Crippen molar-refractivity contribution in [2.75, 3.05) is 20.2 Å². The van der Waals surface area contributed by atoms with Crippen LogP contribution >= 0.6 is 0 Å². The third-order valence-electron chi connectivity index (χ3n) is 4.17. The molecule has 4 heteroatoms. The predicted molar refractivity (Wildman–Crippen MR) is 81.0 cm³/mol. The summed E-state index contributed by atoms with van der Waals surface area (Å²) < 4.78 is 4.65. The van der Waals surface area contributed by atoms with Crippen LogP contribution < -0.4 is 0 Å². The maximum absolute atomic E-state index is 12.8. The number of fused-ring (bicyclic) bond motifs is 1. The van der Waals surface area contributed by atoms with Crippen LogP contribution in [0.1, 0.15) is 43.2 Å². The highest BCUT2D eigenvalue weighted by molar-refractivity contribution is 5.85. The highest BCUT2D eigenvalue weighted by Crippen LogP contribution is 2.32. The summed E-state index contributed by atoms with van der Waals surface area (Å²) in [6.45, 7) is 3.00. The second-order valence-corrected chi connectivity index (χ2v) is 5.39.